The Bertz CT molecular complexity index is 550. The van der Waals surface area contributed by atoms with E-state index in [-0.39, 0.29) is 12.1 Å². The van der Waals surface area contributed by atoms with Crippen LogP contribution in [0.2, 0.25) is 0 Å². The number of nitrogens with zero attached hydrogens (tertiary/aromatic N) is 3. The molecule has 1 saturated carbocycles. The molecule has 3 rings (SSSR count). The Morgan fingerprint density at radius 1 is 1.35 bits per heavy atom. The van der Waals surface area contributed by atoms with Crippen molar-refractivity contribution in [3.63, 3.8) is 0 Å². The van der Waals surface area contributed by atoms with Crippen molar-refractivity contribution in [1.82, 2.24) is 25.4 Å². The fourth-order valence-corrected chi connectivity index (χ4v) is 2.05. The summed E-state index contributed by atoms with van der Waals surface area (Å²) in [4.78, 5) is 15.9. The molecule has 2 aromatic rings. The lowest BCUT2D eigenvalue weighted by Gasteiger charge is -2.19. The van der Waals surface area contributed by atoms with Gasteiger partial charge in [0.1, 0.15) is 12.7 Å². The Kier molecular flexibility index (Phi) is 3.62. The molecule has 1 atom stereocenters. The van der Waals surface area contributed by atoms with E-state index in [1.165, 1.54) is 6.33 Å². The summed E-state index contributed by atoms with van der Waals surface area (Å²) in [6.45, 7) is 0.558. The first kappa shape index (κ1) is 12.7. The molecule has 104 valence electrons. The van der Waals surface area contributed by atoms with Crippen molar-refractivity contribution in [2.75, 3.05) is 0 Å². The number of hydrogen-bond acceptors (Lipinski definition) is 3. The van der Waals surface area contributed by atoms with Crippen molar-refractivity contribution >= 4 is 6.03 Å². The van der Waals surface area contributed by atoms with E-state index in [1.807, 2.05) is 30.3 Å². The highest BCUT2D eigenvalue weighted by molar-refractivity contribution is 5.75. The lowest BCUT2D eigenvalue weighted by molar-refractivity contribution is 0.234. The molecule has 0 aliphatic heterocycles. The minimum Gasteiger partial charge on any atom is -0.335 e. The van der Waals surface area contributed by atoms with E-state index >= 15 is 0 Å². The molecule has 1 aliphatic carbocycles. The molecule has 1 heterocycles. The van der Waals surface area contributed by atoms with E-state index in [1.54, 1.807) is 11.0 Å². The number of benzene rings is 1. The van der Waals surface area contributed by atoms with Gasteiger partial charge in [-0.25, -0.2) is 9.78 Å². The Morgan fingerprint density at radius 2 is 2.15 bits per heavy atom. The van der Waals surface area contributed by atoms with Gasteiger partial charge in [0.05, 0.1) is 12.6 Å². The van der Waals surface area contributed by atoms with E-state index in [0.29, 0.717) is 12.6 Å². The lowest BCUT2D eigenvalue weighted by atomic mass is 10.1. The lowest BCUT2D eigenvalue weighted by Crippen LogP contribution is -2.40. The van der Waals surface area contributed by atoms with Crippen LogP contribution in [0, 0.1) is 0 Å². The van der Waals surface area contributed by atoms with Gasteiger partial charge in [0.2, 0.25) is 0 Å². The van der Waals surface area contributed by atoms with Gasteiger partial charge in [0.25, 0.3) is 0 Å². The number of nitrogens with one attached hydrogen (secondary N) is 2. The average Bonchev–Trinajstić information content (AvgIpc) is 3.12. The Morgan fingerprint density at radius 3 is 2.80 bits per heavy atom. The van der Waals surface area contributed by atoms with Gasteiger partial charge in [0, 0.05) is 6.04 Å². The van der Waals surface area contributed by atoms with Gasteiger partial charge in [-0.05, 0) is 18.4 Å². The first-order valence-electron chi connectivity index (χ1n) is 6.75. The highest BCUT2D eigenvalue weighted by Gasteiger charge is 2.24. The first-order valence-corrected chi connectivity index (χ1v) is 6.75. The van der Waals surface area contributed by atoms with Crippen LogP contribution in [0.1, 0.15) is 24.4 Å². The van der Waals surface area contributed by atoms with Gasteiger partial charge in [-0.2, -0.15) is 5.10 Å². The summed E-state index contributed by atoms with van der Waals surface area (Å²) in [6, 6.07) is 9.97. The highest BCUT2D eigenvalue weighted by atomic mass is 16.2. The van der Waals surface area contributed by atoms with Crippen LogP contribution in [0.25, 0.3) is 0 Å². The smallest absolute Gasteiger partial charge is 0.315 e. The van der Waals surface area contributed by atoms with E-state index in [2.05, 4.69) is 20.7 Å². The Hall–Kier alpha value is -2.37. The van der Waals surface area contributed by atoms with Crippen molar-refractivity contribution in [2.45, 2.75) is 31.5 Å². The summed E-state index contributed by atoms with van der Waals surface area (Å²) < 4.78 is 1.72. The molecule has 1 aromatic carbocycles. The minimum atomic E-state index is -0.128. The second-order valence-electron chi connectivity index (χ2n) is 4.97. The largest absolute Gasteiger partial charge is 0.335 e. The molecule has 2 N–H and O–H groups in total. The second kappa shape index (κ2) is 5.73. The zero-order valence-electron chi connectivity index (χ0n) is 11.1. The molecule has 20 heavy (non-hydrogen) atoms. The van der Waals surface area contributed by atoms with Crippen LogP contribution < -0.4 is 10.6 Å². The SMILES string of the molecule is O=C(NC1CC1)NC(Cn1cncn1)c1ccccc1. The molecule has 1 aliphatic rings. The standard InChI is InChI=1S/C14H17N5O/c20-14(17-12-6-7-12)18-13(8-19-10-15-9-16-19)11-4-2-1-3-5-11/h1-5,9-10,12-13H,6-8H2,(H2,17,18,20). The summed E-state index contributed by atoms with van der Waals surface area (Å²) in [5.74, 6) is 0. The molecular formula is C14H17N5O. The molecule has 6 nitrogen and oxygen atoms in total. The van der Waals surface area contributed by atoms with Crippen LogP contribution in [0.5, 0.6) is 0 Å². The van der Waals surface area contributed by atoms with Crippen molar-refractivity contribution in [2.24, 2.45) is 0 Å². The maximum absolute atomic E-state index is 11.9. The molecule has 0 radical (unpaired) electrons. The number of rotatable bonds is 5. The quantitative estimate of drug-likeness (QED) is 0.865. The van der Waals surface area contributed by atoms with Crippen LogP contribution in [-0.2, 0) is 6.54 Å². The van der Waals surface area contributed by atoms with Crippen LogP contribution in [0.3, 0.4) is 0 Å². The number of urea groups is 1. The summed E-state index contributed by atoms with van der Waals surface area (Å²) in [5.41, 5.74) is 1.05. The Balaban J connectivity index is 1.70. The zero-order valence-corrected chi connectivity index (χ0v) is 11.1. The maximum atomic E-state index is 11.9. The normalized spacial score (nSPS) is 15.6. The molecule has 6 heteroatoms. The number of aromatic nitrogens is 3. The van der Waals surface area contributed by atoms with E-state index in [0.717, 1.165) is 18.4 Å². The first-order chi connectivity index (χ1) is 9.81. The van der Waals surface area contributed by atoms with Crippen LogP contribution >= 0.6 is 0 Å². The fraction of sp³-hybridized carbons (Fsp3) is 0.357. The molecule has 1 fully saturated rings. The number of carbonyl (C=O) groups excluding carboxylic acids is 1. The fourth-order valence-electron chi connectivity index (χ4n) is 2.05. The van der Waals surface area contributed by atoms with E-state index in [4.69, 9.17) is 0 Å². The monoisotopic (exact) mass is 271 g/mol. The third-order valence-electron chi connectivity index (χ3n) is 3.26. The highest BCUT2D eigenvalue weighted by Crippen LogP contribution is 2.19. The Labute approximate surface area is 117 Å². The molecule has 0 bridgehead atoms. The second-order valence-corrected chi connectivity index (χ2v) is 4.97. The molecule has 2 amide bonds. The molecule has 1 aromatic heterocycles. The number of amides is 2. The molecule has 0 saturated heterocycles. The van der Waals surface area contributed by atoms with Crippen molar-refractivity contribution in [1.29, 1.82) is 0 Å². The summed E-state index contributed by atoms with van der Waals surface area (Å²) in [5, 5.41) is 10.0. The number of carbonyl (C=O) groups is 1. The third kappa shape index (κ3) is 3.34. The maximum Gasteiger partial charge on any atom is 0.315 e. The summed E-state index contributed by atoms with van der Waals surface area (Å²) in [7, 11) is 0. The van der Waals surface area contributed by atoms with Crippen LogP contribution in [-0.4, -0.2) is 26.8 Å². The van der Waals surface area contributed by atoms with Gasteiger partial charge in [-0.3, -0.25) is 4.68 Å². The topological polar surface area (TPSA) is 71.8 Å². The summed E-state index contributed by atoms with van der Waals surface area (Å²) in [6.07, 6.45) is 5.29. The van der Waals surface area contributed by atoms with E-state index < -0.39 is 0 Å². The predicted octanol–water partition coefficient (Wildman–Crippen LogP) is 1.48. The van der Waals surface area contributed by atoms with Gasteiger partial charge in [0.15, 0.2) is 0 Å². The van der Waals surface area contributed by atoms with E-state index in [9.17, 15) is 4.79 Å². The van der Waals surface area contributed by atoms with Crippen molar-refractivity contribution in [3.05, 3.63) is 48.5 Å². The van der Waals surface area contributed by atoms with Gasteiger partial charge < -0.3 is 10.6 Å². The minimum absolute atomic E-state index is 0.124. The predicted molar refractivity (Wildman–Crippen MR) is 73.9 cm³/mol. The molecule has 1 unspecified atom stereocenters. The number of hydrogen-bond donors (Lipinski definition) is 2. The third-order valence-corrected chi connectivity index (χ3v) is 3.26. The van der Waals surface area contributed by atoms with Crippen molar-refractivity contribution in [3.8, 4) is 0 Å². The molecule has 0 spiro atoms. The van der Waals surface area contributed by atoms with Gasteiger partial charge >= 0.3 is 6.03 Å². The summed E-state index contributed by atoms with van der Waals surface area (Å²) >= 11 is 0. The van der Waals surface area contributed by atoms with Gasteiger partial charge in [-0.1, -0.05) is 30.3 Å². The zero-order chi connectivity index (χ0) is 13.8. The van der Waals surface area contributed by atoms with Gasteiger partial charge in [-0.15, -0.1) is 0 Å². The average molecular weight is 271 g/mol. The van der Waals surface area contributed by atoms with Crippen LogP contribution in [0.4, 0.5) is 4.79 Å². The van der Waals surface area contributed by atoms with Crippen LogP contribution in [0.15, 0.2) is 43.0 Å². The molecular weight excluding hydrogens is 254 g/mol. The van der Waals surface area contributed by atoms with Crippen molar-refractivity contribution < 1.29 is 4.79 Å².